The largest absolute Gasteiger partial charge is 0.497 e. The summed E-state index contributed by atoms with van der Waals surface area (Å²) in [6, 6.07) is 14.4. The molecule has 1 saturated heterocycles. The quantitative estimate of drug-likeness (QED) is 0.638. The van der Waals surface area contributed by atoms with E-state index in [0.717, 1.165) is 24.1 Å². The van der Waals surface area contributed by atoms with Crippen LogP contribution in [0, 0.1) is 5.92 Å². The van der Waals surface area contributed by atoms with E-state index >= 15 is 0 Å². The topological polar surface area (TPSA) is 97.6 Å². The zero-order chi connectivity index (χ0) is 22.5. The molecule has 4 rings (SSSR count). The number of benzene rings is 1. The van der Waals surface area contributed by atoms with E-state index < -0.39 is 0 Å². The van der Waals surface area contributed by atoms with Gasteiger partial charge in [-0.3, -0.25) is 14.6 Å². The van der Waals surface area contributed by atoms with Crippen molar-refractivity contribution in [3.8, 4) is 17.1 Å². The minimum Gasteiger partial charge on any atom is -0.497 e. The molecule has 3 aromatic rings. The van der Waals surface area contributed by atoms with E-state index in [1.54, 1.807) is 24.3 Å². The summed E-state index contributed by atoms with van der Waals surface area (Å²) < 4.78 is 10.7. The SMILES string of the molecule is COc1cccc(-c2cc(C(=O)N3CCC[C@H]([C@@H](NC(C)=O)c4ccccn4)C3)no2)c1. The monoisotopic (exact) mass is 434 g/mol. The van der Waals surface area contributed by atoms with Crippen molar-refractivity contribution in [1.82, 2.24) is 20.4 Å². The molecule has 0 aliphatic carbocycles. The summed E-state index contributed by atoms with van der Waals surface area (Å²) in [6.07, 6.45) is 3.44. The lowest BCUT2D eigenvalue weighted by Gasteiger charge is -2.36. The molecule has 0 saturated carbocycles. The van der Waals surface area contributed by atoms with Crippen molar-refractivity contribution in [1.29, 1.82) is 0 Å². The third kappa shape index (κ3) is 4.80. The summed E-state index contributed by atoms with van der Waals surface area (Å²) in [5.74, 6) is 0.949. The van der Waals surface area contributed by atoms with Crippen LogP contribution in [0.15, 0.2) is 59.3 Å². The number of ether oxygens (including phenoxy) is 1. The summed E-state index contributed by atoms with van der Waals surface area (Å²) in [5, 5.41) is 7.03. The number of aromatic nitrogens is 2. The van der Waals surface area contributed by atoms with Gasteiger partial charge in [-0.05, 0) is 37.1 Å². The number of hydrogen-bond acceptors (Lipinski definition) is 6. The van der Waals surface area contributed by atoms with Crippen molar-refractivity contribution >= 4 is 11.8 Å². The van der Waals surface area contributed by atoms with Gasteiger partial charge >= 0.3 is 0 Å². The van der Waals surface area contributed by atoms with Crippen molar-refractivity contribution in [2.24, 2.45) is 5.92 Å². The second-order valence-corrected chi connectivity index (χ2v) is 7.89. The van der Waals surface area contributed by atoms with Crippen LogP contribution in [-0.2, 0) is 4.79 Å². The van der Waals surface area contributed by atoms with Gasteiger partial charge in [-0.2, -0.15) is 0 Å². The maximum absolute atomic E-state index is 13.2. The van der Waals surface area contributed by atoms with Gasteiger partial charge in [0.05, 0.1) is 18.8 Å². The Bertz CT molecular complexity index is 1080. The fraction of sp³-hybridized carbons (Fsp3) is 0.333. The highest BCUT2D eigenvalue weighted by molar-refractivity contribution is 5.93. The highest BCUT2D eigenvalue weighted by Gasteiger charge is 2.33. The molecule has 1 aliphatic rings. The molecule has 1 aromatic carbocycles. The van der Waals surface area contributed by atoms with Gasteiger partial charge < -0.3 is 19.5 Å². The first-order valence-electron chi connectivity index (χ1n) is 10.6. The minimum atomic E-state index is -0.256. The molecule has 2 amide bonds. The Morgan fingerprint density at radius 2 is 2.09 bits per heavy atom. The van der Waals surface area contributed by atoms with Crippen LogP contribution in [0.25, 0.3) is 11.3 Å². The lowest BCUT2D eigenvalue weighted by molar-refractivity contribution is -0.120. The number of amides is 2. The number of carbonyl (C=O) groups is 2. The maximum atomic E-state index is 13.2. The zero-order valence-electron chi connectivity index (χ0n) is 18.2. The Kier molecular flexibility index (Phi) is 6.49. The smallest absolute Gasteiger partial charge is 0.276 e. The fourth-order valence-corrected chi connectivity index (χ4v) is 4.13. The van der Waals surface area contributed by atoms with E-state index in [1.807, 2.05) is 42.5 Å². The van der Waals surface area contributed by atoms with E-state index in [1.165, 1.54) is 6.92 Å². The third-order valence-corrected chi connectivity index (χ3v) is 5.67. The molecule has 1 N–H and O–H groups in total. The van der Waals surface area contributed by atoms with Gasteiger partial charge in [-0.15, -0.1) is 0 Å². The standard InChI is InChI=1S/C24H26N4O4/c1-16(29)26-23(20-10-3-4-11-25-20)18-8-6-12-28(15-18)24(30)21-14-22(32-27-21)17-7-5-9-19(13-17)31-2/h3-5,7,9-11,13-14,18,23H,6,8,12,15H2,1-2H3,(H,26,29)/t18-,23+/m0/s1. The van der Waals surface area contributed by atoms with Crippen molar-refractivity contribution in [2.75, 3.05) is 20.2 Å². The Labute approximate surface area is 186 Å². The Morgan fingerprint density at radius 1 is 1.22 bits per heavy atom. The summed E-state index contributed by atoms with van der Waals surface area (Å²) in [4.78, 5) is 31.2. The molecule has 2 atom stereocenters. The fourth-order valence-electron chi connectivity index (χ4n) is 4.13. The summed E-state index contributed by atoms with van der Waals surface area (Å²) in [7, 11) is 1.60. The average molecular weight is 434 g/mol. The van der Waals surface area contributed by atoms with E-state index in [-0.39, 0.29) is 29.5 Å². The lowest BCUT2D eigenvalue weighted by atomic mass is 9.88. The first kappa shape index (κ1) is 21.5. The Morgan fingerprint density at radius 3 is 2.84 bits per heavy atom. The number of hydrogen-bond donors (Lipinski definition) is 1. The van der Waals surface area contributed by atoms with E-state index in [0.29, 0.717) is 24.6 Å². The predicted octanol–water partition coefficient (Wildman–Crippen LogP) is 3.47. The molecule has 166 valence electrons. The van der Waals surface area contributed by atoms with E-state index in [2.05, 4.69) is 15.5 Å². The van der Waals surface area contributed by atoms with Crippen LogP contribution >= 0.6 is 0 Å². The van der Waals surface area contributed by atoms with Gasteiger partial charge in [0.1, 0.15) is 5.75 Å². The molecule has 8 nitrogen and oxygen atoms in total. The van der Waals surface area contributed by atoms with Crippen molar-refractivity contribution in [2.45, 2.75) is 25.8 Å². The normalized spacial score (nSPS) is 16.9. The van der Waals surface area contributed by atoms with Crippen LogP contribution in [-0.4, -0.2) is 47.1 Å². The molecule has 2 aromatic heterocycles. The summed E-state index contributed by atoms with van der Waals surface area (Å²) in [5.41, 5.74) is 1.84. The number of nitrogens with zero attached hydrogens (tertiary/aromatic N) is 3. The van der Waals surface area contributed by atoms with Crippen LogP contribution < -0.4 is 10.1 Å². The number of carbonyl (C=O) groups excluding carboxylic acids is 2. The predicted molar refractivity (Wildman–Crippen MR) is 118 cm³/mol. The number of rotatable bonds is 6. The van der Waals surface area contributed by atoms with Gasteiger partial charge in [0.15, 0.2) is 11.5 Å². The number of pyridine rings is 1. The van der Waals surface area contributed by atoms with Crippen LogP contribution in [0.2, 0.25) is 0 Å². The molecule has 0 bridgehead atoms. The zero-order valence-corrected chi connectivity index (χ0v) is 18.2. The summed E-state index contributed by atoms with van der Waals surface area (Å²) >= 11 is 0. The number of likely N-dealkylation sites (tertiary alicyclic amines) is 1. The van der Waals surface area contributed by atoms with Crippen LogP contribution in [0.1, 0.15) is 42.0 Å². The molecule has 8 heteroatoms. The Balaban J connectivity index is 1.51. The number of nitrogens with one attached hydrogen (secondary N) is 1. The van der Waals surface area contributed by atoms with E-state index in [4.69, 9.17) is 9.26 Å². The highest BCUT2D eigenvalue weighted by Crippen LogP contribution is 2.30. The van der Waals surface area contributed by atoms with Crippen LogP contribution in [0.5, 0.6) is 5.75 Å². The van der Waals surface area contributed by atoms with Gasteiger partial charge in [-0.25, -0.2) is 0 Å². The molecule has 3 heterocycles. The molecule has 0 spiro atoms. The molecule has 0 unspecified atom stereocenters. The molecule has 0 radical (unpaired) electrons. The number of methoxy groups -OCH3 is 1. The van der Waals surface area contributed by atoms with E-state index in [9.17, 15) is 9.59 Å². The van der Waals surface area contributed by atoms with Crippen LogP contribution in [0.3, 0.4) is 0 Å². The lowest BCUT2D eigenvalue weighted by Crippen LogP contribution is -2.45. The first-order chi connectivity index (χ1) is 15.5. The third-order valence-electron chi connectivity index (χ3n) is 5.67. The Hall–Kier alpha value is -3.68. The second kappa shape index (κ2) is 9.64. The maximum Gasteiger partial charge on any atom is 0.276 e. The van der Waals surface area contributed by atoms with Crippen molar-refractivity contribution in [3.05, 3.63) is 66.1 Å². The van der Waals surface area contributed by atoms with Gasteiger partial charge in [0.25, 0.3) is 5.91 Å². The van der Waals surface area contributed by atoms with Crippen molar-refractivity contribution < 1.29 is 18.8 Å². The summed E-state index contributed by atoms with van der Waals surface area (Å²) in [6.45, 7) is 2.63. The molecule has 1 aliphatic heterocycles. The van der Waals surface area contributed by atoms with Gasteiger partial charge in [0.2, 0.25) is 5.91 Å². The van der Waals surface area contributed by atoms with Gasteiger partial charge in [0, 0.05) is 43.8 Å². The number of piperidine rings is 1. The average Bonchev–Trinajstić information content (AvgIpc) is 3.33. The molecule has 32 heavy (non-hydrogen) atoms. The molecular weight excluding hydrogens is 408 g/mol. The highest BCUT2D eigenvalue weighted by atomic mass is 16.5. The molecule has 1 fully saturated rings. The minimum absolute atomic E-state index is 0.0521. The van der Waals surface area contributed by atoms with Gasteiger partial charge in [-0.1, -0.05) is 23.4 Å². The first-order valence-corrected chi connectivity index (χ1v) is 10.6. The molecular formula is C24H26N4O4. The van der Waals surface area contributed by atoms with Crippen molar-refractivity contribution in [3.63, 3.8) is 0 Å². The van der Waals surface area contributed by atoms with Crippen LogP contribution in [0.4, 0.5) is 0 Å². The second-order valence-electron chi connectivity index (χ2n) is 7.89.